The van der Waals surface area contributed by atoms with Crippen LogP contribution in [0.15, 0.2) is 23.8 Å². The van der Waals surface area contributed by atoms with E-state index in [0.717, 1.165) is 0 Å². The summed E-state index contributed by atoms with van der Waals surface area (Å²) in [6.07, 6.45) is 0. The first-order chi connectivity index (χ1) is 6.57. The van der Waals surface area contributed by atoms with Crippen LogP contribution in [-0.2, 0) is 0 Å². The highest BCUT2D eigenvalue weighted by Gasteiger charge is 2.10. The minimum absolute atomic E-state index is 0.322. The topological polar surface area (TPSA) is 49.8 Å². The summed E-state index contributed by atoms with van der Waals surface area (Å²) >= 11 is 11.8. The summed E-state index contributed by atoms with van der Waals surface area (Å²) in [6.45, 7) is 1.62. The lowest BCUT2D eigenvalue weighted by Gasteiger charge is -2.07. The molecule has 0 aromatic heterocycles. The normalized spacial score (nSPS) is 11.9. The van der Waals surface area contributed by atoms with Crippen LogP contribution in [0.25, 0.3) is 5.70 Å². The number of halogens is 2. The van der Waals surface area contributed by atoms with E-state index in [-0.39, 0.29) is 0 Å². The van der Waals surface area contributed by atoms with Crippen molar-refractivity contribution in [2.45, 2.75) is 6.92 Å². The standard InChI is InChI=1S/C10H8Cl2N2/c1-6(5-13)10(14)9-7(11)3-2-4-8(9)12/h2-4H,14H2,1H3. The first-order valence-corrected chi connectivity index (χ1v) is 4.64. The number of allylic oxidation sites excluding steroid dienone is 1. The third-order valence-electron chi connectivity index (χ3n) is 1.80. The summed E-state index contributed by atoms with van der Waals surface area (Å²) in [5, 5.41) is 9.57. The Bertz CT molecular complexity index is 410. The Kier molecular flexibility index (Phi) is 3.40. The van der Waals surface area contributed by atoms with Gasteiger partial charge < -0.3 is 5.73 Å². The fourth-order valence-corrected chi connectivity index (χ4v) is 1.60. The molecule has 0 amide bonds. The Morgan fingerprint density at radius 1 is 1.36 bits per heavy atom. The number of nitriles is 1. The van der Waals surface area contributed by atoms with Gasteiger partial charge in [0.25, 0.3) is 0 Å². The van der Waals surface area contributed by atoms with Gasteiger partial charge in [0.05, 0.1) is 27.4 Å². The van der Waals surface area contributed by atoms with E-state index in [4.69, 9.17) is 34.2 Å². The largest absolute Gasteiger partial charge is 0.397 e. The maximum atomic E-state index is 8.67. The molecule has 0 unspecified atom stereocenters. The highest BCUT2D eigenvalue weighted by atomic mass is 35.5. The smallest absolute Gasteiger partial charge is 0.0965 e. The van der Waals surface area contributed by atoms with E-state index < -0.39 is 0 Å². The van der Waals surface area contributed by atoms with Crippen molar-refractivity contribution >= 4 is 28.9 Å². The predicted octanol–water partition coefficient (Wildman–Crippen LogP) is 3.21. The Morgan fingerprint density at radius 2 is 1.86 bits per heavy atom. The minimum atomic E-state index is 0.322. The third kappa shape index (κ3) is 2.01. The van der Waals surface area contributed by atoms with Gasteiger partial charge >= 0.3 is 0 Å². The van der Waals surface area contributed by atoms with E-state index in [1.165, 1.54) is 0 Å². The molecule has 0 bridgehead atoms. The zero-order valence-corrected chi connectivity index (χ0v) is 9.02. The first-order valence-electron chi connectivity index (χ1n) is 3.88. The van der Waals surface area contributed by atoms with Crippen molar-refractivity contribution in [3.8, 4) is 6.07 Å². The van der Waals surface area contributed by atoms with Crippen LogP contribution in [0.1, 0.15) is 12.5 Å². The van der Waals surface area contributed by atoms with Crippen LogP contribution in [0.5, 0.6) is 0 Å². The van der Waals surface area contributed by atoms with E-state index in [0.29, 0.717) is 26.9 Å². The number of hydrogen-bond donors (Lipinski definition) is 1. The molecule has 0 fully saturated rings. The quantitative estimate of drug-likeness (QED) is 0.749. The number of hydrogen-bond acceptors (Lipinski definition) is 2. The molecule has 0 spiro atoms. The molecule has 72 valence electrons. The fourth-order valence-electron chi connectivity index (χ4n) is 1.00. The average Bonchev–Trinajstić information content (AvgIpc) is 2.16. The molecule has 1 rings (SSSR count). The Morgan fingerprint density at radius 3 is 2.29 bits per heavy atom. The van der Waals surface area contributed by atoms with Crippen LogP contribution in [0.4, 0.5) is 0 Å². The van der Waals surface area contributed by atoms with Crippen molar-refractivity contribution in [1.82, 2.24) is 0 Å². The lowest BCUT2D eigenvalue weighted by molar-refractivity contribution is 1.39. The van der Waals surface area contributed by atoms with Gasteiger partial charge in [0.1, 0.15) is 0 Å². The molecule has 0 saturated carbocycles. The molecule has 1 aromatic carbocycles. The van der Waals surface area contributed by atoms with Gasteiger partial charge in [0.2, 0.25) is 0 Å². The van der Waals surface area contributed by atoms with Crippen molar-refractivity contribution in [2.24, 2.45) is 5.73 Å². The highest BCUT2D eigenvalue weighted by Crippen LogP contribution is 2.29. The summed E-state index contributed by atoms with van der Waals surface area (Å²) in [6, 6.07) is 7.04. The molecule has 14 heavy (non-hydrogen) atoms. The molecule has 2 N–H and O–H groups in total. The summed E-state index contributed by atoms with van der Waals surface area (Å²) < 4.78 is 0. The summed E-state index contributed by atoms with van der Waals surface area (Å²) in [5.74, 6) is 0. The Labute approximate surface area is 92.5 Å². The molecule has 0 aliphatic carbocycles. The summed E-state index contributed by atoms with van der Waals surface area (Å²) in [7, 11) is 0. The van der Waals surface area contributed by atoms with Crippen molar-refractivity contribution in [2.75, 3.05) is 0 Å². The van der Waals surface area contributed by atoms with E-state index in [2.05, 4.69) is 0 Å². The fraction of sp³-hybridized carbons (Fsp3) is 0.100. The Balaban J connectivity index is 3.42. The predicted molar refractivity (Wildman–Crippen MR) is 58.9 cm³/mol. The molecular formula is C10H8Cl2N2. The zero-order chi connectivity index (χ0) is 10.7. The molecule has 0 aliphatic rings. The average molecular weight is 227 g/mol. The van der Waals surface area contributed by atoms with Gasteiger partial charge in [-0.05, 0) is 19.1 Å². The van der Waals surface area contributed by atoms with Gasteiger partial charge in [-0.15, -0.1) is 0 Å². The zero-order valence-electron chi connectivity index (χ0n) is 7.51. The second-order valence-electron chi connectivity index (χ2n) is 2.75. The van der Waals surface area contributed by atoms with Crippen LogP contribution in [-0.4, -0.2) is 0 Å². The van der Waals surface area contributed by atoms with Crippen LogP contribution < -0.4 is 5.73 Å². The molecule has 0 aliphatic heterocycles. The van der Waals surface area contributed by atoms with Crippen molar-refractivity contribution < 1.29 is 0 Å². The van der Waals surface area contributed by atoms with Gasteiger partial charge in [0, 0.05) is 5.56 Å². The molecule has 0 atom stereocenters. The second-order valence-corrected chi connectivity index (χ2v) is 3.56. The third-order valence-corrected chi connectivity index (χ3v) is 2.43. The molecule has 4 heteroatoms. The van der Waals surface area contributed by atoms with Crippen molar-refractivity contribution in [3.05, 3.63) is 39.4 Å². The number of rotatable bonds is 1. The Hall–Kier alpha value is -1.17. The number of nitrogens with zero attached hydrogens (tertiary/aromatic N) is 1. The maximum Gasteiger partial charge on any atom is 0.0965 e. The summed E-state index contributed by atoms with van der Waals surface area (Å²) in [4.78, 5) is 0. The van der Waals surface area contributed by atoms with Gasteiger partial charge in [-0.25, -0.2) is 0 Å². The van der Waals surface area contributed by atoms with Crippen LogP contribution in [0, 0.1) is 11.3 Å². The highest BCUT2D eigenvalue weighted by molar-refractivity contribution is 6.37. The number of nitrogens with two attached hydrogens (primary N) is 1. The minimum Gasteiger partial charge on any atom is -0.397 e. The van der Waals surface area contributed by atoms with Gasteiger partial charge in [-0.1, -0.05) is 29.3 Å². The second kappa shape index (κ2) is 4.36. The van der Waals surface area contributed by atoms with E-state index in [9.17, 15) is 0 Å². The molecule has 0 saturated heterocycles. The van der Waals surface area contributed by atoms with Gasteiger partial charge in [-0.2, -0.15) is 5.26 Å². The molecular weight excluding hydrogens is 219 g/mol. The van der Waals surface area contributed by atoms with Gasteiger partial charge in [0.15, 0.2) is 0 Å². The van der Waals surface area contributed by atoms with E-state index >= 15 is 0 Å². The monoisotopic (exact) mass is 226 g/mol. The first kappa shape index (κ1) is 10.9. The summed E-state index contributed by atoms with van der Waals surface area (Å²) in [5.41, 5.74) is 6.99. The van der Waals surface area contributed by atoms with E-state index in [1.807, 2.05) is 6.07 Å². The van der Waals surface area contributed by atoms with Crippen LogP contribution >= 0.6 is 23.2 Å². The van der Waals surface area contributed by atoms with Crippen molar-refractivity contribution in [3.63, 3.8) is 0 Å². The molecule has 0 heterocycles. The molecule has 1 aromatic rings. The number of benzene rings is 1. The molecule has 0 radical (unpaired) electrons. The van der Waals surface area contributed by atoms with E-state index in [1.54, 1.807) is 25.1 Å². The molecule has 2 nitrogen and oxygen atoms in total. The van der Waals surface area contributed by atoms with Gasteiger partial charge in [-0.3, -0.25) is 0 Å². The lowest BCUT2D eigenvalue weighted by Crippen LogP contribution is -2.00. The van der Waals surface area contributed by atoms with Crippen molar-refractivity contribution in [1.29, 1.82) is 5.26 Å². The van der Waals surface area contributed by atoms with Crippen LogP contribution in [0.2, 0.25) is 10.0 Å². The SMILES string of the molecule is CC(C#N)=C(N)c1c(Cl)cccc1Cl. The maximum absolute atomic E-state index is 8.67. The lowest BCUT2D eigenvalue weighted by atomic mass is 10.1. The van der Waals surface area contributed by atoms with Crippen LogP contribution in [0.3, 0.4) is 0 Å².